The van der Waals surface area contributed by atoms with E-state index in [1.807, 2.05) is 6.07 Å². The van der Waals surface area contributed by atoms with E-state index in [-0.39, 0.29) is 11.1 Å². The Labute approximate surface area is 88.5 Å². The number of aliphatic carboxylic acids is 1. The van der Waals surface area contributed by atoms with Crippen molar-refractivity contribution >= 4 is 21.9 Å². The molecule has 0 heterocycles. The number of nitrogens with zero attached hydrogens (tertiary/aromatic N) is 1. The van der Waals surface area contributed by atoms with Crippen LogP contribution in [-0.2, 0) is 4.79 Å². The van der Waals surface area contributed by atoms with Crippen molar-refractivity contribution < 1.29 is 15.0 Å². The average molecular weight is 256 g/mol. The first-order valence-corrected chi connectivity index (χ1v) is 4.46. The highest BCUT2D eigenvalue weighted by molar-refractivity contribution is 9.10. The summed E-state index contributed by atoms with van der Waals surface area (Å²) in [4.78, 5) is 10.5. The maximum Gasteiger partial charge on any atom is 0.337 e. The molecule has 0 saturated carbocycles. The molecular formula is C9H6BrNO3. The third-order valence-electron chi connectivity index (χ3n) is 1.66. The highest BCUT2D eigenvalue weighted by Crippen LogP contribution is 2.22. The Morgan fingerprint density at radius 2 is 2.21 bits per heavy atom. The molecule has 0 bridgehead atoms. The van der Waals surface area contributed by atoms with E-state index >= 15 is 0 Å². The van der Waals surface area contributed by atoms with Gasteiger partial charge in [-0.3, -0.25) is 0 Å². The van der Waals surface area contributed by atoms with Crippen LogP contribution < -0.4 is 0 Å². The third kappa shape index (κ3) is 2.10. The van der Waals surface area contributed by atoms with E-state index in [0.29, 0.717) is 4.47 Å². The third-order valence-corrected chi connectivity index (χ3v) is 2.16. The molecule has 0 fully saturated rings. The smallest absolute Gasteiger partial charge is 0.337 e. The zero-order valence-corrected chi connectivity index (χ0v) is 8.52. The SMILES string of the molecule is N#Cc1ccc(Br)cc1C(O)C(=O)O. The minimum atomic E-state index is -1.66. The summed E-state index contributed by atoms with van der Waals surface area (Å²) in [6.07, 6.45) is -1.66. The van der Waals surface area contributed by atoms with Crippen LogP contribution in [-0.4, -0.2) is 16.2 Å². The molecule has 5 heteroatoms. The molecule has 72 valence electrons. The molecule has 1 rings (SSSR count). The van der Waals surface area contributed by atoms with Gasteiger partial charge in [-0.05, 0) is 18.2 Å². The lowest BCUT2D eigenvalue weighted by atomic mass is 10.0. The lowest BCUT2D eigenvalue weighted by Gasteiger charge is -2.07. The summed E-state index contributed by atoms with van der Waals surface area (Å²) in [5, 5.41) is 26.5. The van der Waals surface area contributed by atoms with E-state index < -0.39 is 12.1 Å². The molecular weight excluding hydrogens is 250 g/mol. The largest absolute Gasteiger partial charge is 0.479 e. The van der Waals surface area contributed by atoms with Gasteiger partial charge in [0, 0.05) is 10.0 Å². The number of hydrogen-bond acceptors (Lipinski definition) is 3. The number of halogens is 1. The Morgan fingerprint density at radius 1 is 1.57 bits per heavy atom. The van der Waals surface area contributed by atoms with Crippen LogP contribution in [0.1, 0.15) is 17.2 Å². The van der Waals surface area contributed by atoms with Crippen molar-refractivity contribution in [3.05, 3.63) is 33.8 Å². The molecule has 0 aliphatic carbocycles. The fourth-order valence-corrected chi connectivity index (χ4v) is 1.37. The number of carbonyl (C=O) groups is 1. The topological polar surface area (TPSA) is 81.3 Å². The summed E-state index contributed by atoms with van der Waals surface area (Å²) in [5.74, 6) is -1.38. The Balaban J connectivity index is 3.25. The molecule has 0 aliphatic heterocycles. The van der Waals surface area contributed by atoms with E-state index in [1.165, 1.54) is 12.1 Å². The molecule has 1 unspecified atom stereocenters. The highest BCUT2D eigenvalue weighted by atomic mass is 79.9. The molecule has 0 aromatic heterocycles. The van der Waals surface area contributed by atoms with E-state index in [9.17, 15) is 9.90 Å². The Kier molecular flexibility index (Phi) is 3.23. The molecule has 0 spiro atoms. The minimum absolute atomic E-state index is 0.0920. The number of nitriles is 1. The molecule has 4 nitrogen and oxygen atoms in total. The van der Waals surface area contributed by atoms with Gasteiger partial charge in [0.15, 0.2) is 6.10 Å². The molecule has 0 aliphatic rings. The quantitative estimate of drug-likeness (QED) is 0.838. The van der Waals surface area contributed by atoms with Gasteiger partial charge in [-0.25, -0.2) is 4.79 Å². The number of benzene rings is 1. The van der Waals surface area contributed by atoms with Crippen LogP contribution in [0.2, 0.25) is 0 Å². The van der Waals surface area contributed by atoms with Gasteiger partial charge in [0.25, 0.3) is 0 Å². The molecule has 1 aromatic rings. The van der Waals surface area contributed by atoms with E-state index in [0.717, 1.165) is 0 Å². The monoisotopic (exact) mass is 255 g/mol. The first kappa shape index (κ1) is 10.7. The molecule has 0 saturated heterocycles. The van der Waals surface area contributed by atoms with Crippen LogP contribution in [0.15, 0.2) is 22.7 Å². The predicted molar refractivity (Wildman–Crippen MR) is 51.5 cm³/mol. The summed E-state index contributed by atoms with van der Waals surface area (Å²) in [7, 11) is 0. The Bertz CT molecular complexity index is 411. The number of hydrogen-bond donors (Lipinski definition) is 2. The van der Waals surface area contributed by atoms with Gasteiger partial charge in [0.05, 0.1) is 11.6 Å². The lowest BCUT2D eigenvalue weighted by Crippen LogP contribution is -2.11. The van der Waals surface area contributed by atoms with Gasteiger partial charge >= 0.3 is 5.97 Å². The standard InChI is InChI=1S/C9H6BrNO3/c10-6-2-1-5(4-11)7(3-6)8(12)9(13)14/h1-3,8,12H,(H,13,14). The van der Waals surface area contributed by atoms with Crippen molar-refractivity contribution in [2.45, 2.75) is 6.10 Å². The first-order valence-electron chi connectivity index (χ1n) is 3.66. The second-order valence-corrected chi connectivity index (χ2v) is 3.50. The van der Waals surface area contributed by atoms with Gasteiger partial charge in [0.2, 0.25) is 0 Å². The normalized spacial score (nSPS) is 11.8. The van der Waals surface area contributed by atoms with Crippen molar-refractivity contribution in [1.82, 2.24) is 0 Å². The Morgan fingerprint density at radius 3 is 2.71 bits per heavy atom. The van der Waals surface area contributed by atoms with Crippen LogP contribution in [0.3, 0.4) is 0 Å². The molecule has 0 amide bonds. The van der Waals surface area contributed by atoms with E-state index in [2.05, 4.69) is 15.9 Å². The minimum Gasteiger partial charge on any atom is -0.479 e. The van der Waals surface area contributed by atoms with Crippen LogP contribution in [0.5, 0.6) is 0 Å². The average Bonchev–Trinajstić information content (AvgIpc) is 2.16. The van der Waals surface area contributed by atoms with Gasteiger partial charge < -0.3 is 10.2 Å². The summed E-state index contributed by atoms with van der Waals surface area (Å²) in [6.45, 7) is 0. The zero-order valence-electron chi connectivity index (χ0n) is 6.94. The highest BCUT2D eigenvalue weighted by Gasteiger charge is 2.19. The first-order chi connectivity index (χ1) is 6.56. The van der Waals surface area contributed by atoms with E-state index in [4.69, 9.17) is 10.4 Å². The number of carboxylic acid groups (broad SMARTS) is 1. The van der Waals surface area contributed by atoms with Gasteiger partial charge in [-0.15, -0.1) is 0 Å². The Hall–Kier alpha value is -1.38. The molecule has 14 heavy (non-hydrogen) atoms. The maximum absolute atomic E-state index is 10.5. The second-order valence-electron chi connectivity index (χ2n) is 2.58. The van der Waals surface area contributed by atoms with Gasteiger partial charge in [0.1, 0.15) is 0 Å². The summed E-state index contributed by atoms with van der Waals surface area (Å²) in [5.41, 5.74) is 0.248. The van der Waals surface area contributed by atoms with Gasteiger partial charge in [-0.2, -0.15) is 5.26 Å². The second kappa shape index (κ2) is 4.22. The molecule has 2 N–H and O–H groups in total. The number of rotatable bonds is 2. The van der Waals surface area contributed by atoms with Crippen molar-refractivity contribution in [2.75, 3.05) is 0 Å². The van der Waals surface area contributed by atoms with Crippen molar-refractivity contribution in [1.29, 1.82) is 5.26 Å². The van der Waals surface area contributed by atoms with Gasteiger partial charge in [-0.1, -0.05) is 15.9 Å². The lowest BCUT2D eigenvalue weighted by molar-refractivity contribution is -0.146. The van der Waals surface area contributed by atoms with Crippen molar-refractivity contribution in [3.8, 4) is 6.07 Å². The predicted octanol–water partition coefficient (Wildman–Crippen LogP) is 1.44. The fraction of sp³-hybridized carbons (Fsp3) is 0.111. The zero-order chi connectivity index (χ0) is 10.7. The molecule has 0 radical (unpaired) electrons. The number of aliphatic hydroxyl groups excluding tert-OH is 1. The van der Waals surface area contributed by atoms with Crippen LogP contribution in [0, 0.1) is 11.3 Å². The number of aliphatic hydroxyl groups is 1. The maximum atomic E-state index is 10.5. The summed E-state index contributed by atoms with van der Waals surface area (Å²) < 4.78 is 0.617. The van der Waals surface area contributed by atoms with Crippen molar-refractivity contribution in [2.24, 2.45) is 0 Å². The van der Waals surface area contributed by atoms with Crippen molar-refractivity contribution in [3.63, 3.8) is 0 Å². The number of carboxylic acids is 1. The summed E-state index contributed by atoms with van der Waals surface area (Å²) >= 11 is 3.13. The molecule has 1 aromatic carbocycles. The molecule has 1 atom stereocenters. The summed E-state index contributed by atoms with van der Waals surface area (Å²) in [6, 6.07) is 6.29. The van der Waals surface area contributed by atoms with Crippen LogP contribution >= 0.6 is 15.9 Å². The van der Waals surface area contributed by atoms with Crippen LogP contribution in [0.4, 0.5) is 0 Å². The van der Waals surface area contributed by atoms with Crippen LogP contribution in [0.25, 0.3) is 0 Å². The van der Waals surface area contributed by atoms with E-state index in [1.54, 1.807) is 6.07 Å². The fourth-order valence-electron chi connectivity index (χ4n) is 0.995.